The third-order valence-electron chi connectivity index (χ3n) is 3.33. The summed E-state index contributed by atoms with van der Waals surface area (Å²) in [6.45, 7) is 2.00. The van der Waals surface area contributed by atoms with E-state index < -0.39 is 0 Å². The van der Waals surface area contributed by atoms with Crippen LogP contribution in [-0.2, 0) is 0 Å². The van der Waals surface area contributed by atoms with E-state index in [1.54, 1.807) is 18.2 Å². The SMILES string of the molecule is COc1c(-c2ccc(C)cc2)oc2ccc(Cl)cc2c1=O. The highest BCUT2D eigenvalue weighted by Crippen LogP contribution is 2.31. The molecule has 0 N–H and O–H groups in total. The minimum atomic E-state index is -0.225. The topological polar surface area (TPSA) is 39.4 Å². The minimum Gasteiger partial charge on any atom is -0.490 e. The number of aryl methyl sites for hydroxylation is 1. The largest absolute Gasteiger partial charge is 0.490 e. The van der Waals surface area contributed by atoms with Gasteiger partial charge in [-0.1, -0.05) is 41.4 Å². The van der Waals surface area contributed by atoms with Crippen LogP contribution in [0.2, 0.25) is 5.02 Å². The van der Waals surface area contributed by atoms with Crippen LogP contribution in [0.15, 0.2) is 51.7 Å². The molecule has 3 rings (SSSR count). The lowest BCUT2D eigenvalue weighted by Crippen LogP contribution is -2.07. The summed E-state index contributed by atoms with van der Waals surface area (Å²) >= 11 is 5.94. The number of fused-ring (bicyclic) bond motifs is 1. The Balaban J connectivity index is 2.34. The molecule has 4 heteroatoms. The quantitative estimate of drug-likeness (QED) is 0.703. The molecule has 3 aromatic rings. The first-order valence-corrected chi connectivity index (χ1v) is 6.85. The van der Waals surface area contributed by atoms with Crippen LogP contribution >= 0.6 is 11.6 Å². The van der Waals surface area contributed by atoms with Crippen molar-refractivity contribution in [2.24, 2.45) is 0 Å². The standard InChI is InChI=1S/C17H13ClO3/c1-10-3-5-11(6-4-10)16-17(20-2)15(19)13-9-12(18)7-8-14(13)21-16/h3-9H,1-2H3. The number of rotatable bonds is 2. The van der Waals surface area contributed by atoms with Gasteiger partial charge in [-0.15, -0.1) is 0 Å². The molecule has 0 atom stereocenters. The fourth-order valence-corrected chi connectivity index (χ4v) is 2.40. The maximum absolute atomic E-state index is 12.5. The molecule has 2 aromatic carbocycles. The van der Waals surface area contributed by atoms with E-state index in [2.05, 4.69) is 0 Å². The van der Waals surface area contributed by atoms with Gasteiger partial charge < -0.3 is 9.15 Å². The number of hydrogen-bond donors (Lipinski definition) is 0. The number of hydrogen-bond acceptors (Lipinski definition) is 3. The van der Waals surface area contributed by atoms with Crippen LogP contribution in [-0.4, -0.2) is 7.11 Å². The van der Waals surface area contributed by atoms with Gasteiger partial charge in [0.15, 0.2) is 5.76 Å². The van der Waals surface area contributed by atoms with E-state index in [1.807, 2.05) is 31.2 Å². The first-order chi connectivity index (χ1) is 10.1. The molecule has 21 heavy (non-hydrogen) atoms. The predicted octanol–water partition coefficient (Wildman–Crippen LogP) is 4.43. The molecule has 1 aromatic heterocycles. The summed E-state index contributed by atoms with van der Waals surface area (Å²) in [6.07, 6.45) is 0. The summed E-state index contributed by atoms with van der Waals surface area (Å²) in [5.41, 5.74) is 2.19. The summed E-state index contributed by atoms with van der Waals surface area (Å²) < 4.78 is 11.1. The summed E-state index contributed by atoms with van der Waals surface area (Å²) in [6, 6.07) is 12.7. The van der Waals surface area contributed by atoms with Gasteiger partial charge in [-0.2, -0.15) is 0 Å². The molecule has 0 spiro atoms. The molecule has 0 saturated carbocycles. The van der Waals surface area contributed by atoms with E-state index in [0.717, 1.165) is 11.1 Å². The summed E-state index contributed by atoms with van der Waals surface area (Å²) in [7, 11) is 1.46. The molecule has 0 saturated heterocycles. The lowest BCUT2D eigenvalue weighted by Gasteiger charge is -2.09. The van der Waals surface area contributed by atoms with Crippen LogP contribution in [0, 0.1) is 6.92 Å². The molecule has 0 aliphatic carbocycles. The van der Waals surface area contributed by atoms with Crippen molar-refractivity contribution in [2.45, 2.75) is 6.92 Å². The van der Waals surface area contributed by atoms with E-state index in [9.17, 15) is 4.79 Å². The Morgan fingerprint density at radius 2 is 1.81 bits per heavy atom. The maximum Gasteiger partial charge on any atom is 0.235 e. The highest BCUT2D eigenvalue weighted by molar-refractivity contribution is 6.31. The van der Waals surface area contributed by atoms with Crippen molar-refractivity contribution in [3.63, 3.8) is 0 Å². The monoisotopic (exact) mass is 300 g/mol. The Labute approximate surface area is 126 Å². The van der Waals surface area contributed by atoms with E-state index in [1.165, 1.54) is 7.11 Å². The fraction of sp³-hybridized carbons (Fsp3) is 0.118. The van der Waals surface area contributed by atoms with Gasteiger partial charge in [0.1, 0.15) is 5.58 Å². The smallest absolute Gasteiger partial charge is 0.235 e. The van der Waals surface area contributed by atoms with E-state index in [-0.39, 0.29) is 11.2 Å². The molecular weight excluding hydrogens is 288 g/mol. The predicted molar refractivity (Wildman–Crippen MR) is 84.2 cm³/mol. The zero-order valence-corrected chi connectivity index (χ0v) is 12.4. The van der Waals surface area contributed by atoms with Gasteiger partial charge in [0.25, 0.3) is 0 Å². The molecule has 0 bridgehead atoms. The second kappa shape index (κ2) is 5.26. The van der Waals surface area contributed by atoms with Gasteiger partial charge in [0.2, 0.25) is 11.2 Å². The molecule has 0 aliphatic rings. The third-order valence-corrected chi connectivity index (χ3v) is 3.56. The zero-order valence-electron chi connectivity index (χ0n) is 11.6. The van der Waals surface area contributed by atoms with Gasteiger partial charge in [-0.3, -0.25) is 4.79 Å². The Hall–Kier alpha value is -2.26. The maximum atomic E-state index is 12.5. The van der Waals surface area contributed by atoms with Gasteiger partial charge in [-0.25, -0.2) is 0 Å². The van der Waals surface area contributed by atoms with Crippen molar-refractivity contribution in [3.8, 4) is 17.1 Å². The number of halogens is 1. The lowest BCUT2D eigenvalue weighted by molar-refractivity contribution is 0.399. The Bertz CT molecular complexity index is 864. The average molecular weight is 301 g/mol. The average Bonchev–Trinajstić information content (AvgIpc) is 2.48. The van der Waals surface area contributed by atoms with Gasteiger partial charge in [-0.05, 0) is 25.1 Å². The first-order valence-electron chi connectivity index (χ1n) is 6.47. The highest BCUT2D eigenvalue weighted by Gasteiger charge is 2.16. The summed E-state index contributed by atoms with van der Waals surface area (Å²) in [4.78, 5) is 12.5. The van der Waals surface area contributed by atoms with Gasteiger partial charge in [0.05, 0.1) is 12.5 Å². The zero-order chi connectivity index (χ0) is 15.0. The Kier molecular flexibility index (Phi) is 3.43. The summed E-state index contributed by atoms with van der Waals surface area (Å²) in [5, 5.41) is 0.898. The van der Waals surface area contributed by atoms with Crippen LogP contribution in [0.25, 0.3) is 22.3 Å². The van der Waals surface area contributed by atoms with Crippen LogP contribution in [0.3, 0.4) is 0 Å². The fourth-order valence-electron chi connectivity index (χ4n) is 2.23. The third kappa shape index (κ3) is 2.41. The van der Waals surface area contributed by atoms with Crippen molar-refractivity contribution >= 4 is 22.6 Å². The van der Waals surface area contributed by atoms with Crippen molar-refractivity contribution in [2.75, 3.05) is 7.11 Å². The number of methoxy groups -OCH3 is 1. The Morgan fingerprint density at radius 1 is 1.10 bits per heavy atom. The second-order valence-electron chi connectivity index (χ2n) is 4.80. The second-order valence-corrected chi connectivity index (χ2v) is 5.24. The molecule has 0 unspecified atom stereocenters. The number of ether oxygens (including phenoxy) is 1. The Morgan fingerprint density at radius 3 is 2.48 bits per heavy atom. The van der Waals surface area contributed by atoms with E-state index >= 15 is 0 Å². The molecular formula is C17H13ClO3. The van der Waals surface area contributed by atoms with Gasteiger partial charge in [0, 0.05) is 10.6 Å². The number of benzene rings is 2. The van der Waals surface area contributed by atoms with Crippen molar-refractivity contribution in [3.05, 3.63) is 63.3 Å². The van der Waals surface area contributed by atoms with Crippen molar-refractivity contribution in [1.29, 1.82) is 0 Å². The summed E-state index contributed by atoms with van der Waals surface area (Å²) in [5.74, 6) is 0.617. The highest BCUT2D eigenvalue weighted by atomic mass is 35.5. The normalized spacial score (nSPS) is 10.8. The van der Waals surface area contributed by atoms with E-state index in [4.69, 9.17) is 20.8 Å². The molecule has 0 radical (unpaired) electrons. The van der Waals surface area contributed by atoms with E-state index in [0.29, 0.717) is 21.8 Å². The van der Waals surface area contributed by atoms with Crippen LogP contribution in [0.1, 0.15) is 5.56 Å². The van der Waals surface area contributed by atoms with Crippen LogP contribution in [0.5, 0.6) is 5.75 Å². The molecule has 3 nitrogen and oxygen atoms in total. The van der Waals surface area contributed by atoms with Crippen molar-refractivity contribution in [1.82, 2.24) is 0 Å². The van der Waals surface area contributed by atoms with Crippen LogP contribution in [0.4, 0.5) is 0 Å². The van der Waals surface area contributed by atoms with Crippen molar-refractivity contribution < 1.29 is 9.15 Å². The van der Waals surface area contributed by atoms with Crippen LogP contribution < -0.4 is 10.2 Å². The molecule has 0 amide bonds. The molecule has 0 aliphatic heterocycles. The molecule has 1 heterocycles. The first kappa shape index (κ1) is 13.7. The lowest BCUT2D eigenvalue weighted by atomic mass is 10.1. The minimum absolute atomic E-state index is 0.189. The van der Waals surface area contributed by atoms with Gasteiger partial charge >= 0.3 is 0 Å². The molecule has 0 fully saturated rings. The molecule has 106 valence electrons.